The van der Waals surface area contributed by atoms with Crippen LogP contribution in [0, 0.1) is 0 Å². The first-order valence-corrected chi connectivity index (χ1v) is 4.76. The molecule has 1 saturated heterocycles. The number of aliphatic hydroxyl groups is 1. The van der Waals surface area contributed by atoms with Gasteiger partial charge in [0.1, 0.15) is 6.23 Å². The first-order chi connectivity index (χ1) is 6.77. The molecule has 2 rings (SSSR count). The molecule has 0 spiro atoms. The van der Waals surface area contributed by atoms with Crippen LogP contribution in [0.1, 0.15) is 18.4 Å². The molecule has 0 aromatic carbocycles. The fourth-order valence-electron chi connectivity index (χ4n) is 1.68. The Morgan fingerprint density at radius 1 is 1.64 bits per heavy atom. The maximum absolute atomic E-state index is 11.3. The summed E-state index contributed by atoms with van der Waals surface area (Å²) < 4.78 is 4.92. The van der Waals surface area contributed by atoms with E-state index in [-0.39, 0.29) is 5.91 Å². The Labute approximate surface area is 82.1 Å². The van der Waals surface area contributed by atoms with E-state index in [0.29, 0.717) is 19.4 Å². The molecule has 1 aliphatic heterocycles. The van der Waals surface area contributed by atoms with E-state index in [1.54, 1.807) is 12.5 Å². The van der Waals surface area contributed by atoms with Crippen molar-refractivity contribution >= 4 is 5.91 Å². The van der Waals surface area contributed by atoms with Gasteiger partial charge in [0.2, 0.25) is 5.91 Å². The molecule has 1 aromatic heterocycles. The summed E-state index contributed by atoms with van der Waals surface area (Å²) in [6, 6.07) is 1.87. The summed E-state index contributed by atoms with van der Waals surface area (Å²) >= 11 is 0. The van der Waals surface area contributed by atoms with Gasteiger partial charge >= 0.3 is 0 Å². The lowest BCUT2D eigenvalue weighted by molar-refractivity contribution is -0.133. The van der Waals surface area contributed by atoms with Crippen LogP contribution < -0.4 is 0 Å². The molecule has 2 heterocycles. The predicted octanol–water partition coefficient (Wildman–Crippen LogP) is 0.763. The number of carbonyl (C=O) groups excluding carboxylic acids is 1. The second-order valence-corrected chi connectivity index (χ2v) is 3.49. The summed E-state index contributed by atoms with van der Waals surface area (Å²) in [7, 11) is 0. The SMILES string of the molecule is O=C1CCC(O)N1CCc1ccoc1. The molecular weight excluding hydrogens is 182 g/mol. The Hall–Kier alpha value is -1.29. The van der Waals surface area contributed by atoms with E-state index in [9.17, 15) is 9.90 Å². The highest BCUT2D eigenvalue weighted by atomic mass is 16.3. The van der Waals surface area contributed by atoms with Gasteiger partial charge in [-0.1, -0.05) is 0 Å². The zero-order chi connectivity index (χ0) is 9.97. The van der Waals surface area contributed by atoms with Gasteiger partial charge in [0, 0.05) is 19.4 Å². The van der Waals surface area contributed by atoms with Crippen molar-refractivity contribution in [2.45, 2.75) is 25.5 Å². The molecule has 1 amide bonds. The summed E-state index contributed by atoms with van der Waals surface area (Å²) in [5.41, 5.74) is 1.05. The standard InChI is InChI=1S/C10H13NO3/c12-9-1-2-10(13)11(9)5-3-8-4-6-14-7-8/h4,6-7,9,12H,1-3,5H2. The predicted molar refractivity (Wildman–Crippen MR) is 49.4 cm³/mol. The molecule has 1 unspecified atom stereocenters. The molecule has 14 heavy (non-hydrogen) atoms. The van der Waals surface area contributed by atoms with Crippen molar-refractivity contribution in [1.29, 1.82) is 0 Å². The number of hydrogen-bond acceptors (Lipinski definition) is 3. The fraction of sp³-hybridized carbons (Fsp3) is 0.500. The van der Waals surface area contributed by atoms with Crippen LogP contribution in [0.2, 0.25) is 0 Å². The van der Waals surface area contributed by atoms with Crippen LogP contribution in [0.15, 0.2) is 23.0 Å². The van der Waals surface area contributed by atoms with Gasteiger partial charge in [0.25, 0.3) is 0 Å². The highest BCUT2D eigenvalue weighted by Crippen LogP contribution is 2.16. The molecule has 76 valence electrons. The van der Waals surface area contributed by atoms with Crippen LogP contribution >= 0.6 is 0 Å². The third-order valence-electron chi connectivity index (χ3n) is 2.52. The number of furan rings is 1. The summed E-state index contributed by atoms with van der Waals surface area (Å²) in [5, 5.41) is 9.47. The number of hydrogen-bond donors (Lipinski definition) is 1. The zero-order valence-corrected chi connectivity index (χ0v) is 7.85. The summed E-state index contributed by atoms with van der Waals surface area (Å²) in [5.74, 6) is 0.0426. The summed E-state index contributed by atoms with van der Waals surface area (Å²) in [6.07, 6.45) is 4.44. The molecule has 0 saturated carbocycles. The van der Waals surface area contributed by atoms with Crippen molar-refractivity contribution in [3.8, 4) is 0 Å². The average Bonchev–Trinajstić information content (AvgIpc) is 2.76. The maximum atomic E-state index is 11.3. The number of amides is 1. The molecule has 1 fully saturated rings. The van der Waals surface area contributed by atoms with E-state index in [1.165, 1.54) is 4.90 Å². The average molecular weight is 195 g/mol. The Balaban J connectivity index is 1.88. The second kappa shape index (κ2) is 3.84. The van der Waals surface area contributed by atoms with E-state index in [0.717, 1.165) is 12.0 Å². The summed E-state index contributed by atoms with van der Waals surface area (Å²) in [4.78, 5) is 12.8. The van der Waals surface area contributed by atoms with Crippen LogP contribution in [0.4, 0.5) is 0 Å². The second-order valence-electron chi connectivity index (χ2n) is 3.49. The largest absolute Gasteiger partial charge is 0.472 e. The quantitative estimate of drug-likeness (QED) is 0.774. The minimum atomic E-state index is -0.589. The van der Waals surface area contributed by atoms with Crippen LogP contribution in [0.5, 0.6) is 0 Å². The van der Waals surface area contributed by atoms with Crippen molar-refractivity contribution in [3.63, 3.8) is 0 Å². The van der Waals surface area contributed by atoms with Crippen molar-refractivity contribution in [1.82, 2.24) is 4.90 Å². The Kier molecular flexibility index (Phi) is 2.54. The number of nitrogens with zero attached hydrogens (tertiary/aromatic N) is 1. The molecule has 0 radical (unpaired) electrons. The van der Waals surface area contributed by atoms with Crippen LogP contribution in [0.3, 0.4) is 0 Å². The lowest BCUT2D eigenvalue weighted by Gasteiger charge is -2.19. The molecule has 1 aromatic rings. The van der Waals surface area contributed by atoms with Crippen molar-refractivity contribution in [2.75, 3.05) is 6.54 Å². The first-order valence-electron chi connectivity index (χ1n) is 4.76. The highest BCUT2D eigenvalue weighted by Gasteiger charge is 2.28. The lowest BCUT2D eigenvalue weighted by atomic mass is 10.2. The molecule has 1 atom stereocenters. The van der Waals surface area contributed by atoms with Gasteiger partial charge in [0.05, 0.1) is 12.5 Å². The number of aliphatic hydroxyl groups excluding tert-OH is 1. The fourth-order valence-corrected chi connectivity index (χ4v) is 1.68. The smallest absolute Gasteiger partial charge is 0.224 e. The molecular formula is C10H13NO3. The minimum Gasteiger partial charge on any atom is -0.472 e. The van der Waals surface area contributed by atoms with Crippen molar-refractivity contribution < 1.29 is 14.3 Å². The van der Waals surface area contributed by atoms with Crippen LogP contribution in [0.25, 0.3) is 0 Å². The number of carbonyl (C=O) groups is 1. The number of rotatable bonds is 3. The Morgan fingerprint density at radius 2 is 2.50 bits per heavy atom. The van der Waals surface area contributed by atoms with Crippen LogP contribution in [-0.2, 0) is 11.2 Å². The van der Waals surface area contributed by atoms with E-state index in [4.69, 9.17) is 4.42 Å². The Bertz CT molecular complexity index is 307. The number of likely N-dealkylation sites (tertiary alicyclic amines) is 1. The molecule has 4 heteroatoms. The monoisotopic (exact) mass is 195 g/mol. The van der Waals surface area contributed by atoms with Gasteiger partial charge in [-0.05, 0) is 18.1 Å². The van der Waals surface area contributed by atoms with E-state index in [2.05, 4.69) is 0 Å². The normalized spacial score (nSPS) is 21.9. The maximum Gasteiger partial charge on any atom is 0.224 e. The zero-order valence-electron chi connectivity index (χ0n) is 7.85. The topological polar surface area (TPSA) is 53.7 Å². The van der Waals surface area contributed by atoms with Gasteiger partial charge in [-0.2, -0.15) is 0 Å². The van der Waals surface area contributed by atoms with Crippen LogP contribution in [-0.4, -0.2) is 28.7 Å². The molecule has 0 aliphatic carbocycles. The van der Waals surface area contributed by atoms with Gasteiger partial charge < -0.3 is 14.4 Å². The van der Waals surface area contributed by atoms with Crippen molar-refractivity contribution in [2.24, 2.45) is 0 Å². The molecule has 0 bridgehead atoms. The van der Waals surface area contributed by atoms with E-state index in [1.807, 2.05) is 6.07 Å². The van der Waals surface area contributed by atoms with Gasteiger partial charge in [0.15, 0.2) is 0 Å². The molecule has 4 nitrogen and oxygen atoms in total. The third-order valence-corrected chi connectivity index (χ3v) is 2.52. The van der Waals surface area contributed by atoms with Gasteiger partial charge in [-0.3, -0.25) is 4.79 Å². The lowest BCUT2D eigenvalue weighted by Crippen LogP contribution is -2.34. The van der Waals surface area contributed by atoms with Crippen molar-refractivity contribution in [3.05, 3.63) is 24.2 Å². The third kappa shape index (κ3) is 1.80. The Morgan fingerprint density at radius 3 is 3.07 bits per heavy atom. The summed E-state index contributed by atoms with van der Waals surface area (Å²) in [6.45, 7) is 0.569. The molecule has 1 N–H and O–H groups in total. The highest BCUT2D eigenvalue weighted by molar-refractivity contribution is 5.78. The van der Waals surface area contributed by atoms with Gasteiger partial charge in [-0.15, -0.1) is 0 Å². The van der Waals surface area contributed by atoms with Gasteiger partial charge in [-0.25, -0.2) is 0 Å². The first kappa shape index (κ1) is 9.27. The molecule has 1 aliphatic rings. The minimum absolute atomic E-state index is 0.0426. The van der Waals surface area contributed by atoms with E-state index < -0.39 is 6.23 Å². The van der Waals surface area contributed by atoms with E-state index >= 15 is 0 Å².